The van der Waals surface area contributed by atoms with Crippen LogP contribution in [0.5, 0.6) is 34.5 Å². The summed E-state index contributed by atoms with van der Waals surface area (Å²) in [5.74, 6) is -1.45. The Hall–Kier alpha value is -7.87. The molecule has 0 spiro atoms. The summed E-state index contributed by atoms with van der Waals surface area (Å²) in [5.41, 5.74) is 4.50. The van der Waals surface area contributed by atoms with E-state index in [4.69, 9.17) is 38.4 Å². The molecule has 0 fully saturated rings. The molecule has 59 heavy (non-hydrogen) atoms. The molecular weight excluding hydrogens is 753 g/mol. The van der Waals surface area contributed by atoms with Crippen molar-refractivity contribution in [1.29, 1.82) is 0 Å². The maximum atomic E-state index is 12.8. The second-order valence-electron chi connectivity index (χ2n) is 14.6. The number of hydrogen-bond acceptors (Lipinski definition) is 11. The predicted molar refractivity (Wildman–Crippen MR) is 222 cm³/mol. The molecule has 5 radical (unpaired) electrons. The van der Waals surface area contributed by atoms with Crippen LogP contribution in [-0.4, -0.2) is 62.6 Å². The van der Waals surface area contributed by atoms with E-state index in [1.807, 2.05) is 54.6 Å². The van der Waals surface area contributed by atoms with Crippen molar-refractivity contribution in [3.63, 3.8) is 0 Å². The fourth-order valence-corrected chi connectivity index (χ4v) is 9.06. The van der Waals surface area contributed by atoms with Gasteiger partial charge in [-0.1, -0.05) is 58.9 Å². The van der Waals surface area contributed by atoms with Crippen LogP contribution in [0.2, 0.25) is 0 Å². The quantitative estimate of drug-likeness (QED) is 0.0446. The third-order valence-electron chi connectivity index (χ3n) is 11.5. The lowest BCUT2D eigenvalue weighted by Gasteiger charge is -2.18. The molecule has 13 nitrogen and oxygen atoms in total. The number of aromatic nitrogens is 2. The van der Waals surface area contributed by atoms with Gasteiger partial charge in [0.25, 0.3) is 0 Å². The number of aryl methyl sites for hydroxylation is 1. The van der Waals surface area contributed by atoms with Crippen LogP contribution in [0.3, 0.4) is 0 Å². The monoisotopic (exact) mass is 775 g/mol. The topological polar surface area (TPSA) is 196 Å². The Morgan fingerprint density at radius 3 is 2.03 bits per heavy atom. The van der Waals surface area contributed by atoms with Crippen molar-refractivity contribution < 1.29 is 53.4 Å². The summed E-state index contributed by atoms with van der Waals surface area (Å²) in [6.45, 7) is 1.59. The number of furan rings is 1. The minimum atomic E-state index is -0.575. The molecule has 0 aliphatic carbocycles. The lowest BCUT2D eigenvalue weighted by atomic mass is 9.58. The van der Waals surface area contributed by atoms with Gasteiger partial charge in [-0.2, -0.15) is 0 Å². The van der Waals surface area contributed by atoms with Gasteiger partial charge in [0.1, 0.15) is 26.7 Å². The fourth-order valence-electron chi connectivity index (χ4n) is 9.06. The van der Waals surface area contributed by atoms with Crippen LogP contribution in [-0.2, 0) is 0 Å². The van der Waals surface area contributed by atoms with Crippen LogP contribution < -0.4 is 10.9 Å². The summed E-state index contributed by atoms with van der Waals surface area (Å²) in [5, 5.41) is 69.3. The van der Waals surface area contributed by atoms with Crippen LogP contribution in [0.4, 0.5) is 0 Å². The first-order chi connectivity index (χ1) is 28.6. The molecule has 1 aliphatic rings. The number of phenolic OH excluding ortho intramolecular Hbond substituents is 6. The number of aromatic hydroxyl groups is 6. The molecule has 12 rings (SSSR count). The second kappa shape index (κ2) is 11.2. The second-order valence-corrected chi connectivity index (χ2v) is 14.6. The van der Waals surface area contributed by atoms with Crippen LogP contribution >= 0.6 is 0 Å². The van der Waals surface area contributed by atoms with Crippen molar-refractivity contribution in [2.45, 2.75) is 6.92 Å². The Morgan fingerprint density at radius 2 is 1.27 bits per heavy atom. The highest BCUT2D eigenvalue weighted by Gasteiger charge is 2.37. The van der Waals surface area contributed by atoms with Crippen molar-refractivity contribution in [2.75, 3.05) is 0 Å². The minimum absolute atomic E-state index is 0.0117. The van der Waals surface area contributed by atoms with E-state index in [0.29, 0.717) is 43.8 Å². The van der Waals surface area contributed by atoms with Crippen molar-refractivity contribution in [2.24, 2.45) is 0 Å². The van der Waals surface area contributed by atoms with E-state index >= 15 is 0 Å². The smallest absolute Gasteiger partial charge is 0.246 e. The molecule has 6 heterocycles. The molecule has 5 aromatic heterocycles. The Bertz CT molecular complexity index is 3760. The van der Waals surface area contributed by atoms with E-state index in [1.54, 1.807) is 23.2 Å². The van der Waals surface area contributed by atoms with E-state index in [2.05, 4.69) is 0 Å². The highest BCUT2D eigenvalue weighted by molar-refractivity contribution is 6.77. The number of rotatable bonds is 3. The van der Waals surface area contributed by atoms with Crippen LogP contribution in [0.15, 0.2) is 101 Å². The molecule has 0 amide bonds. The molecule has 6 aromatic carbocycles. The summed E-state index contributed by atoms with van der Waals surface area (Å²) < 4.78 is 34.0. The third-order valence-corrected chi connectivity index (χ3v) is 11.5. The maximum absolute atomic E-state index is 12.8. The lowest BCUT2D eigenvalue weighted by Crippen LogP contribution is -2.24. The zero-order chi connectivity index (χ0) is 40.3. The van der Waals surface area contributed by atoms with Crippen LogP contribution in [0.1, 0.15) is 11.3 Å². The summed E-state index contributed by atoms with van der Waals surface area (Å²) >= 11 is 0. The molecule has 11 aromatic rings. The van der Waals surface area contributed by atoms with Crippen LogP contribution in [0, 0.1) is 6.92 Å². The minimum Gasteiger partial charge on any atom is -0.504 e. The normalized spacial score (nSPS) is 13.5. The summed E-state index contributed by atoms with van der Waals surface area (Å²) in [6.07, 6.45) is 0. The van der Waals surface area contributed by atoms with Gasteiger partial charge in [-0.15, -0.1) is 5.98 Å². The SMILES string of the molecule is [B]/C=C1\[B]c2cc(O)c3ooc4c(O)cc([B])c5c4c4c6c3c2n2c1c(-c1oc3c(O)cc(O)c(O)c3c1C)ooc(c(O)c4n5-c1cccc(-c3ccccc3)c1)c62. The number of nitrogens with zero attached hydrogens (tertiary/aromatic N) is 2. The van der Waals surface area contributed by atoms with Crippen molar-refractivity contribution in [3.05, 3.63) is 90.0 Å². The molecule has 0 saturated heterocycles. The van der Waals surface area contributed by atoms with Gasteiger partial charge in [-0.25, -0.2) is 0 Å². The van der Waals surface area contributed by atoms with E-state index in [9.17, 15) is 30.6 Å². The number of phenols is 6. The standard InChI is InChI=1S/C43H22B3N2O11/c1-15-26-36(53)22(49)13-25(52)39(26)55-38(15)43-33-21(14-44)46-20-12-24(51)41-30-28-27-29-31(19(45)11-23(50)40(29)56-57-41)47(18-9-5-8-17(10-18)16-6-3-2-4-7-16)34(27)37(54)42(58-59-43)35(28)48(33)32(20)30/h2-14,49-54H,1H3/b21-14-. The summed E-state index contributed by atoms with van der Waals surface area (Å²) in [4.78, 5) is 0. The summed E-state index contributed by atoms with van der Waals surface area (Å²) in [6, 6.07) is 21.1. The van der Waals surface area contributed by atoms with Gasteiger partial charge >= 0.3 is 0 Å². The van der Waals surface area contributed by atoms with Crippen LogP contribution in [0.25, 0.3) is 105 Å². The Balaban J connectivity index is 1.36. The third kappa shape index (κ3) is 4.01. The average Bonchev–Trinajstić information content (AvgIpc) is 3.84. The number of hydrogen-bond donors (Lipinski definition) is 6. The first-order valence-electron chi connectivity index (χ1n) is 18.2. The zero-order valence-corrected chi connectivity index (χ0v) is 30.4. The molecule has 16 heteroatoms. The average molecular weight is 775 g/mol. The van der Waals surface area contributed by atoms with Gasteiger partial charge < -0.3 is 44.0 Å². The van der Waals surface area contributed by atoms with E-state index < -0.39 is 23.0 Å². The Kier molecular flexibility index (Phi) is 6.30. The molecule has 279 valence electrons. The Labute approximate surface area is 332 Å². The fraction of sp³-hybridized carbons (Fsp3) is 0.0233. The first kappa shape index (κ1) is 33.3. The molecule has 0 atom stereocenters. The Morgan fingerprint density at radius 1 is 0.593 bits per heavy atom. The number of benzene rings is 6. The zero-order valence-electron chi connectivity index (χ0n) is 30.4. The van der Waals surface area contributed by atoms with Gasteiger partial charge in [-0.05, 0) is 42.3 Å². The van der Waals surface area contributed by atoms with Gasteiger partial charge in [0.05, 0.1) is 32.9 Å². The van der Waals surface area contributed by atoms with E-state index in [1.165, 1.54) is 18.1 Å². The molecule has 0 saturated carbocycles. The van der Waals surface area contributed by atoms with Gasteiger partial charge in [-0.3, -0.25) is 18.3 Å². The van der Waals surface area contributed by atoms with Crippen molar-refractivity contribution >= 4 is 111 Å². The first-order valence-corrected chi connectivity index (χ1v) is 18.2. The lowest BCUT2D eigenvalue weighted by molar-refractivity contribution is 0.0742. The molecule has 0 bridgehead atoms. The van der Waals surface area contributed by atoms with Crippen molar-refractivity contribution in [3.8, 4) is 62.8 Å². The summed E-state index contributed by atoms with van der Waals surface area (Å²) in [7, 11) is 14.8. The highest BCUT2D eigenvalue weighted by atomic mass is 17.0. The maximum Gasteiger partial charge on any atom is 0.246 e. The number of fused-ring (bicyclic) bond motifs is 1. The largest absolute Gasteiger partial charge is 0.504 e. The molecule has 0 unspecified atom stereocenters. The molecule has 1 aliphatic heterocycles. The highest BCUT2D eigenvalue weighted by Crippen LogP contribution is 2.54. The van der Waals surface area contributed by atoms with Gasteiger partial charge in [0, 0.05) is 28.1 Å². The van der Waals surface area contributed by atoms with E-state index in [0.717, 1.165) is 17.2 Å². The molecular formula is C43H22B3N2O11. The predicted octanol–water partition coefficient (Wildman–Crippen LogP) is 7.66. The van der Waals surface area contributed by atoms with Crippen molar-refractivity contribution in [1.82, 2.24) is 8.97 Å². The van der Waals surface area contributed by atoms with E-state index in [-0.39, 0.29) is 83.9 Å². The van der Waals surface area contributed by atoms with Gasteiger partial charge in [0.15, 0.2) is 53.1 Å². The molecule has 6 N–H and O–H groups in total. The van der Waals surface area contributed by atoms with Gasteiger partial charge in [0.2, 0.25) is 22.5 Å².